The van der Waals surface area contributed by atoms with Crippen LogP contribution in [0.2, 0.25) is 0 Å². The lowest BCUT2D eigenvalue weighted by Gasteiger charge is -2.33. The molecule has 0 spiro atoms. The van der Waals surface area contributed by atoms with E-state index in [-0.39, 0.29) is 0 Å². The lowest BCUT2D eigenvalue weighted by atomic mass is 10.1. The summed E-state index contributed by atoms with van der Waals surface area (Å²) in [6, 6.07) is 7.51. The third-order valence-electron chi connectivity index (χ3n) is 3.78. The van der Waals surface area contributed by atoms with E-state index >= 15 is 0 Å². The zero-order valence-electron chi connectivity index (χ0n) is 11.6. The Bertz CT molecular complexity index is 644. The summed E-state index contributed by atoms with van der Waals surface area (Å²) >= 11 is 0. The van der Waals surface area contributed by atoms with E-state index < -0.39 is 5.91 Å². The number of nitrogen functional groups attached to an aromatic ring is 1. The van der Waals surface area contributed by atoms with Crippen molar-refractivity contribution in [1.82, 2.24) is 14.8 Å². The fourth-order valence-electron chi connectivity index (χ4n) is 2.65. The van der Waals surface area contributed by atoms with Gasteiger partial charge in [-0.3, -0.25) is 9.48 Å². The van der Waals surface area contributed by atoms with E-state index in [0.717, 1.165) is 31.7 Å². The van der Waals surface area contributed by atoms with Crippen LogP contribution in [-0.2, 0) is 0 Å². The highest BCUT2D eigenvalue weighted by Crippen LogP contribution is 2.25. The highest BCUT2D eigenvalue weighted by Gasteiger charge is 2.22. The maximum atomic E-state index is 11.2. The number of amides is 1. The van der Waals surface area contributed by atoms with Gasteiger partial charge in [0, 0.05) is 19.3 Å². The van der Waals surface area contributed by atoms with Gasteiger partial charge in [0.05, 0.1) is 6.04 Å². The van der Waals surface area contributed by atoms with Crippen molar-refractivity contribution in [3.63, 3.8) is 0 Å². The number of aromatic nitrogens is 3. The number of carbonyl (C=O) groups excluding carboxylic acids is 1. The Morgan fingerprint density at radius 1 is 1.24 bits per heavy atom. The van der Waals surface area contributed by atoms with Crippen LogP contribution in [0.1, 0.15) is 29.4 Å². The molecule has 0 aromatic carbocycles. The highest BCUT2D eigenvalue weighted by molar-refractivity contribution is 5.91. The molecular formula is C14H18N6O. The van der Waals surface area contributed by atoms with Crippen LogP contribution in [0.3, 0.4) is 0 Å². The van der Waals surface area contributed by atoms with E-state index in [9.17, 15) is 4.79 Å². The second kappa shape index (κ2) is 5.43. The lowest BCUT2D eigenvalue weighted by molar-refractivity contribution is 0.0995. The number of anilines is 2. The minimum Gasteiger partial charge on any atom is -0.382 e. The van der Waals surface area contributed by atoms with Crippen LogP contribution >= 0.6 is 0 Å². The summed E-state index contributed by atoms with van der Waals surface area (Å²) in [6.07, 6.45) is 3.84. The number of nitrogens with zero attached hydrogens (tertiary/aromatic N) is 4. The van der Waals surface area contributed by atoms with Gasteiger partial charge < -0.3 is 16.4 Å². The van der Waals surface area contributed by atoms with Gasteiger partial charge in [0.25, 0.3) is 5.91 Å². The Morgan fingerprint density at radius 3 is 2.62 bits per heavy atom. The summed E-state index contributed by atoms with van der Waals surface area (Å²) in [5, 5.41) is 4.27. The molecule has 0 bridgehead atoms. The van der Waals surface area contributed by atoms with Crippen LogP contribution in [0.4, 0.5) is 11.6 Å². The number of carbonyl (C=O) groups is 1. The smallest absolute Gasteiger partial charge is 0.267 e. The molecule has 4 N–H and O–H groups in total. The van der Waals surface area contributed by atoms with Crippen LogP contribution in [0.25, 0.3) is 0 Å². The molecule has 1 saturated heterocycles. The van der Waals surface area contributed by atoms with Crippen molar-refractivity contribution in [2.45, 2.75) is 18.9 Å². The molecule has 0 unspecified atom stereocenters. The molecule has 3 heterocycles. The number of hydrogen-bond donors (Lipinski definition) is 2. The molecule has 1 amide bonds. The number of hydrogen-bond acceptors (Lipinski definition) is 5. The fraction of sp³-hybridized carbons (Fsp3) is 0.357. The SMILES string of the molecule is NC(=O)c1cccc(N2CCC(n3ccc(N)n3)CC2)n1. The summed E-state index contributed by atoms with van der Waals surface area (Å²) < 4.78 is 1.93. The van der Waals surface area contributed by atoms with Crippen molar-refractivity contribution in [1.29, 1.82) is 0 Å². The van der Waals surface area contributed by atoms with Crippen molar-refractivity contribution < 1.29 is 4.79 Å². The molecule has 110 valence electrons. The van der Waals surface area contributed by atoms with Gasteiger partial charge in [-0.15, -0.1) is 0 Å². The average molecular weight is 286 g/mol. The number of rotatable bonds is 3. The summed E-state index contributed by atoms with van der Waals surface area (Å²) in [4.78, 5) is 17.7. The first-order valence-corrected chi connectivity index (χ1v) is 6.96. The topological polar surface area (TPSA) is 103 Å². The van der Waals surface area contributed by atoms with Gasteiger partial charge >= 0.3 is 0 Å². The van der Waals surface area contributed by atoms with Crippen molar-refractivity contribution in [3.05, 3.63) is 36.2 Å². The predicted octanol–water partition coefficient (Wildman–Crippen LogP) is 0.801. The van der Waals surface area contributed by atoms with E-state index in [0.29, 0.717) is 17.6 Å². The Hall–Kier alpha value is -2.57. The third-order valence-corrected chi connectivity index (χ3v) is 3.78. The second-order valence-electron chi connectivity index (χ2n) is 5.18. The van der Waals surface area contributed by atoms with Crippen LogP contribution < -0.4 is 16.4 Å². The van der Waals surface area contributed by atoms with Gasteiger partial charge in [-0.1, -0.05) is 6.07 Å². The predicted molar refractivity (Wildman–Crippen MR) is 79.9 cm³/mol. The molecule has 1 aliphatic rings. The van der Waals surface area contributed by atoms with E-state index in [4.69, 9.17) is 11.5 Å². The van der Waals surface area contributed by atoms with Crippen LogP contribution in [0, 0.1) is 0 Å². The average Bonchev–Trinajstić information content (AvgIpc) is 2.94. The number of nitrogens with two attached hydrogens (primary N) is 2. The lowest BCUT2D eigenvalue weighted by Crippen LogP contribution is -2.35. The van der Waals surface area contributed by atoms with Gasteiger partial charge in [0.1, 0.15) is 17.3 Å². The molecule has 3 rings (SSSR count). The van der Waals surface area contributed by atoms with E-state index in [1.165, 1.54) is 0 Å². The maximum Gasteiger partial charge on any atom is 0.267 e. The van der Waals surface area contributed by atoms with Crippen LogP contribution in [0.15, 0.2) is 30.5 Å². The first-order chi connectivity index (χ1) is 10.1. The molecule has 0 radical (unpaired) electrons. The minimum absolute atomic E-state index is 0.300. The standard InChI is InChI=1S/C14H18N6O/c15-12-6-9-20(18-12)10-4-7-19(8-5-10)13-3-1-2-11(17-13)14(16)21/h1-3,6,9-10H,4-5,7-8H2,(H2,15,18)(H2,16,21). The minimum atomic E-state index is -0.501. The monoisotopic (exact) mass is 286 g/mol. The summed E-state index contributed by atoms with van der Waals surface area (Å²) in [6.45, 7) is 1.72. The van der Waals surface area contributed by atoms with Crippen molar-refractivity contribution in [2.24, 2.45) is 5.73 Å². The molecule has 7 nitrogen and oxygen atoms in total. The number of piperidine rings is 1. The third kappa shape index (κ3) is 2.81. The Morgan fingerprint density at radius 2 is 2.00 bits per heavy atom. The van der Waals surface area contributed by atoms with Crippen molar-refractivity contribution in [3.8, 4) is 0 Å². The van der Waals surface area contributed by atoms with Gasteiger partial charge in [-0.25, -0.2) is 4.98 Å². The van der Waals surface area contributed by atoms with Crippen LogP contribution in [-0.4, -0.2) is 33.8 Å². The zero-order valence-corrected chi connectivity index (χ0v) is 11.6. The van der Waals surface area contributed by atoms with Gasteiger partial charge in [0.15, 0.2) is 0 Å². The largest absolute Gasteiger partial charge is 0.382 e. The molecule has 2 aromatic heterocycles. The molecule has 1 aliphatic heterocycles. The van der Waals surface area contributed by atoms with Gasteiger partial charge in [-0.05, 0) is 31.0 Å². The fourth-order valence-corrected chi connectivity index (χ4v) is 2.65. The number of pyridine rings is 1. The molecule has 7 heteroatoms. The van der Waals surface area contributed by atoms with Crippen LogP contribution in [0.5, 0.6) is 0 Å². The van der Waals surface area contributed by atoms with E-state index in [2.05, 4.69) is 15.0 Å². The molecule has 0 saturated carbocycles. The first kappa shape index (κ1) is 13.4. The second-order valence-corrected chi connectivity index (χ2v) is 5.18. The molecule has 21 heavy (non-hydrogen) atoms. The molecule has 0 atom stereocenters. The highest BCUT2D eigenvalue weighted by atomic mass is 16.1. The summed E-state index contributed by atoms with van der Waals surface area (Å²) in [7, 11) is 0. The zero-order chi connectivity index (χ0) is 14.8. The molecule has 1 fully saturated rings. The first-order valence-electron chi connectivity index (χ1n) is 6.96. The quantitative estimate of drug-likeness (QED) is 0.868. The van der Waals surface area contributed by atoms with E-state index in [1.54, 1.807) is 6.07 Å². The van der Waals surface area contributed by atoms with Gasteiger partial charge in [-0.2, -0.15) is 5.10 Å². The Balaban J connectivity index is 1.68. The molecule has 0 aliphatic carbocycles. The molecular weight excluding hydrogens is 268 g/mol. The van der Waals surface area contributed by atoms with Crippen molar-refractivity contribution >= 4 is 17.5 Å². The van der Waals surface area contributed by atoms with Crippen molar-refractivity contribution in [2.75, 3.05) is 23.7 Å². The maximum absolute atomic E-state index is 11.2. The molecule has 2 aromatic rings. The summed E-state index contributed by atoms with van der Waals surface area (Å²) in [5.41, 5.74) is 11.2. The van der Waals surface area contributed by atoms with E-state index in [1.807, 2.05) is 29.1 Å². The number of primary amides is 1. The Kier molecular flexibility index (Phi) is 3.47. The summed E-state index contributed by atoms with van der Waals surface area (Å²) in [5.74, 6) is 0.844. The normalized spacial score (nSPS) is 16.1. The van der Waals surface area contributed by atoms with Gasteiger partial charge in [0.2, 0.25) is 0 Å². The Labute approximate surface area is 122 Å².